The van der Waals surface area contributed by atoms with E-state index in [1.54, 1.807) is 29.9 Å². The van der Waals surface area contributed by atoms with Crippen LogP contribution >= 0.6 is 34.3 Å². The normalized spacial score (nSPS) is 19.1. The number of amides is 1. The smallest absolute Gasteiger partial charge is 0.256 e. The molecule has 1 amide bonds. The number of aromatic nitrogens is 5. The highest BCUT2D eigenvalue weighted by molar-refractivity contribution is 7.16. The molecule has 0 radical (unpaired) electrons. The Morgan fingerprint density at radius 3 is 2.44 bits per heavy atom. The number of fused-ring (bicyclic) bond motifs is 2. The second-order valence-corrected chi connectivity index (χ2v) is 11.4. The molecule has 4 aromatic rings. The molecule has 184 valence electrons. The van der Waals surface area contributed by atoms with E-state index in [1.165, 1.54) is 11.3 Å². The van der Waals surface area contributed by atoms with Gasteiger partial charge in [-0.25, -0.2) is 24.9 Å². The van der Waals surface area contributed by atoms with Gasteiger partial charge in [-0.1, -0.05) is 11.6 Å². The van der Waals surface area contributed by atoms with Crippen molar-refractivity contribution in [3.05, 3.63) is 57.4 Å². The van der Waals surface area contributed by atoms with Gasteiger partial charge in [-0.2, -0.15) is 0 Å². The molecule has 6 rings (SSSR count). The molecule has 2 aliphatic heterocycles. The lowest BCUT2D eigenvalue weighted by Crippen LogP contribution is -2.56. The lowest BCUT2D eigenvalue weighted by atomic mass is 10.1. The highest BCUT2D eigenvalue weighted by Crippen LogP contribution is 2.34. The Hall–Kier alpha value is -3.15. The topological polar surface area (TPSA) is 100 Å². The molecule has 6 heterocycles. The first-order valence-corrected chi connectivity index (χ1v) is 13.7. The van der Waals surface area contributed by atoms with Crippen molar-refractivity contribution in [1.29, 1.82) is 0 Å². The van der Waals surface area contributed by atoms with Crippen molar-refractivity contribution in [1.82, 2.24) is 29.8 Å². The number of nitrogens with zero attached hydrogens (tertiary/aromatic N) is 7. The number of carbonyl (C=O) groups is 1. The third-order valence-electron chi connectivity index (χ3n) is 6.49. The molecule has 9 nitrogen and oxygen atoms in total. The molecule has 36 heavy (non-hydrogen) atoms. The monoisotopic (exact) mass is 538 g/mol. The first kappa shape index (κ1) is 23.3. The van der Waals surface area contributed by atoms with Crippen molar-refractivity contribution in [3.63, 3.8) is 0 Å². The zero-order valence-electron chi connectivity index (χ0n) is 19.7. The number of hydrogen-bond donors (Lipinski definition) is 1. The summed E-state index contributed by atoms with van der Waals surface area (Å²) in [6.07, 6.45) is 6.80. The van der Waals surface area contributed by atoms with E-state index in [-0.39, 0.29) is 18.0 Å². The van der Waals surface area contributed by atoms with E-state index in [2.05, 4.69) is 35.1 Å². The summed E-state index contributed by atoms with van der Waals surface area (Å²) in [5.74, 6) is 1.33. The summed E-state index contributed by atoms with van der Waals surface area (Å²) in [4.78, 5) is 41.0. The molecule has 2 bridgehead atoms. The molecule has 0 aromatic carbocycles. The molecular weight excluding hydrogens is 516 g/mol. The number of piperazine rings is 1. The molecule has 0 spiro atoms. The van der Waals surface area contributed by atoms with Gasteiger partial charge in [0.1, 0.15) is 5.82 Å². The summed E-state index contributed by atoms with van der Waals surface area (Å²) in [5, 5.41) is 7.56. The summed E-state index contributed by atoms with van der Waals surface area (Å²) < 4.78 is 0. The largest absolute Gasteiger partial charge is 0.337 e. The van der Waals surface area contributed by atoms with Crippen LogP contribution in [-0.2, 0) is 0 Å². The van der Waals surface area contributed by atoms with Crippen molar-refractivity contribution in [3.8, 4) is 10.6 Å². The maximum atomic E-state index is 13.4. The highest BCUT2D eigenvalue weighted by Gasteiger charge is 2.43. The highest BCUT2D eigenvalue weighted by atomic mass is 35.5. The zero-order valence-corrected chi connectivity index (χ0v) is 22.1. The number of nitrogens with one attached hydrogen (secondary N) is 1. The molecular formula is C24H23ClN8OS2. The minimum absolute atomic E-state index is 0.0193. The summed E-state index contributed by atoms with van der Waals surface area (Å²) >= 11 is 9.09. The number of anilines is 3. The molecule has 0 aliphatic carbocycles. The number of pyridine rings is 1. The van der Waals surface area contributed by atoms with E-state index in [4.69, 9.17) is 11.6 Å². The molecule has 2 atom stereocenters. The predicted molar refractivity (Wildman–Crippen MR) is 142 cm³/mol. The van der Waals surface area contributed by atoms with E-state index >= 15 is 0 Å². The van der Waals surface area contributed by atoms with Crippen molar-refractivity contribution >= 4 is 57.1 Å². The van der Waals surface area contributed by atoms with Gasteiger partial charge in [0.15, 0.2) is 5.13 Å². The molecule has 2 unspecified atom stereocenters. The molecule has 2 aliphatic rings. The molecule has 1 N–H and O–H groups in total. The van der Waals surface area contributed by atoms with Crippen LogP contribution in [0.2, 0.25) is 5.02 Å². The fourth-order valence-corrected chi connectivity index (χ4v) is 6.68. The number of hydrogen-bond acceptors (Lipinski definition) is 10. The number of thiazole rings is 2. The van der Waals surface area contributed by atoms with Crippen LogP contribution in [0.4, 0.5) is 16.9 Å². The lowest BCUT2D eigenvalue weighted by molar-refractivity contribution is 0.0640. The molecule has 2 fully saturated rings. The van der Waals surface area contributed by atoms with Gasteiger partial charge in [0.2, 0.25) is 5.95 Å². The Bertz CT molecular complexity index is 1390. The Morgan fingerprint density at radius 1 is 1.06 bits per heavy atom. The average molecular weight is 539 g/mol. The van der Waals surface area contributed by atoms with Gasteiger partial charge in [0.05, 0.1) is 56.3 Å². The number of aryl methyl sites for hydroxylation is 2. The standard InChI is InChI=1S/C24H23ClN8OS2/c1-13-21(36-14(2)29-13)19-12-35-24(30-19)31-20-6-3-15(7-26-20)22(34)33-17-4-5-18(33)11-32(10-17)23-27-8-16(25)9-28-23/h3,6-9,12,17-18H,4-5,10-11H2,1-2H3,(H,26,30,31). The molecule has 0 saturated carbocycles. The van der Waals surface area contributed by atoms with Crippen LogP contribution in [0.15, 0.2) is 36.1 Å². The minimum atomic E-state index is 0.0193. The predicted octanol–water partition coefficient (Wildman–Crippen LogP) is 4.96. The molecule has 2 saturated heterocycles. The van der Waals surface area contributed by atoms with Crippen LogP contribution in [0.25, 0.3) is 10.6 Å². The summed E-state index contributed by atoms with van der Waals surface area (Å²) in [6, 6.07) is 3.91. The van der Waals surface area contributed by atoms with Gasteiger partial charge >= 0.3 is 0 Å². The fourth-order valence-electron chi connectivity index (χ4n) is 4.92. The van der Waals surface area contributed by atoms with Gasteiger partial charge in [0, 0.05) is 24.7 Å². The Morgan fingerprint density at radius 2 is 1.81 bits per heavy atom. The van der Waals surface area contributed by atoms with Gasteiger partial charge in [-0.3, -0.25) is 4.79 Å². The van der Waals surface area contributed by atoms with Crippen molar-refractivity contribution in [2.75, 3.05) is 23.3 Å². The van der Waals surface area contributed by atoms with Gasteiger partial charge < -0.3 is 15.1 Å². The number of carbonyl (C=O) groups excluding carboxylic acids is 1. The van der Waals surface area contributed by atoms with E-state index < -0.39 is 0 Å². The fraction of sp³-hybridized carbons (Fsp3) is 0.333. The maximum Gasteiger partial charge on any atom is 0.256 e. The third kappa shape index (κ3) is 4.42. The Kier molecular flexibility index (Phi) is 6.06. The first-order valence-electron chi connectivity index (χ1n) is 11.6. The van der Waals surface area contributed by atoms with Crippen LogP contribution in [0.1, 0.15) is 33.9 Å². The summed E-state index contributed by atoms with van der Waals surface area (Å²) in [6.45, 7) is 5.42. The van der Waals surface area contributed by atoms with Gasteiger partial charge in [-0.05, 0) is 38.8 Å². The van der Waals surface area contributed by atoms with Crippen LogP contribution in [0.5, 0.6) is 0 Å². The van der Waals surface area contributed by atoms with E-state index in [0.717, 1.165) is 39.2 Å². The van der Waals surface area contributed by atoms with Crippen LogP contribution in [-0.4, -0.2) is 60.9 Å². The van der Waals surface area contributed by atoms with Gasteiger partial charge in [0.25, 0.3) is 5.91 Å². The van der Waals surface area contributed by atoms with Crippen molar-refractivity contribution in [2.45, 2.75) is 38.8 Å². The quantitative estimate of drug-likeness (QED) is 0.380. The molecule has 4 aromatic heterocycles. The molecule has 12 heteroatoms. The number of rotatable bonds is 5. The maximum absolute atomic E-state index is 13.4. The summed E-state index contributed by atoms with van der Waals surface area (Å²) in [7, 11) is 0. The van der Waals surface area contributed by atoms with Crippen LogP contribution < -0.4 is 10.2 Å². The van der Waals surface area contributed by atoms with Crippen molar-refractivity contribution < 1.29 is 4.79 Å². The van der Waals surface area contributed by atoms with Crippen molar-refractivity contribution in [2.24, 2.45) is 0 Å². The Labute approximate surface area is 221 Å². The van der Waals surface area contributed by atoms with E-state index in [0.29, 0.717) is 35.4 Å². The first-order chi connectivity index (χ1) is 17.4. The second kappa shape index (κ2) is 9.38. The Balaban J connectivity index is 1.12. The zero-order chi connectivity index (χ0) is 24.8. The third-order valence-corrected chi connectivity index (χ3v) is 8.54. The van der Waals surface area contributed by atoms with Crippen LogP contribution in [0.3, 0.4) is 0 Å². The van der Waals surface area contributed by atoms with Gasteiger partial charge in [-0.15, -0.1) is 22.7 Å². The lowest BCUT2D eigenvalue weighted by Gasteiger charge is -2.41. The minimum Gasteiger partial charge on any atom is -0.337 e. The van der Waals surface area contributed by atoms with E-state index in [1.807, 2.05) is 36.3 Å². The second-order valence-electron chi connectivity index (χ2n) is 8.95. The van der Waals surface area contributed by atoms with E-state index in [9.17, 15) is 4.79 Å². The SMILES string of the molecule is Cc1nc(C)c(-c2csc(Nc3ccc(C(=O)N4C5CCC4CN(c4ncc(Cl)cn4)C5)cn3)n2)s1. The average Bonchev–Trinajstić information content (AvgIpc) is 3.54. The number of halogens is 1. The van der Waals surface area contributed by atoms with Crippen LogP contribution in [0, 0.1) is 13.8 Å². The summed E-state index contributed by atoms with van der Waals surface area (Å²) in [5.41, 5.74) is 2.49.